The van der Waals surface area contributed by atoms with Crippen LogP contribution in [0.5, 0.6) is 0 Å². The third-order valence-corrected chi connectivity index (χ3v) is 4.62. The van der Waals surface area contributed by atoms with E-state index < -0.39 is 0 Å². The monoisotopic (exact) mass is 338 g/mol. The summed E-state index contributed by atoms with van der Waals surface area (Å²) in [6.45, 7) is 4.01. The van der Waals surface area contributed by atoms with Crippen molar-refractivity contribution < 1.29 is 8.83 Å². The molecule has 0 aliphatic rings. The third kappa shape index (κ3) is 2.24. The molecular weight excluding hydrogens is 324 g/mol. The van der Waals surface area contributed by atoms with Crippen LogP contribution in [-0.4, -0.2) is 0 Å². The predicted octanol–water partition coefficient (Wildman–Crippen LogP) is 5.73. The lowest BCUT2D eigenvalue weighted by atomic mass is 9.97. The van der Waals surface area contributed by atoms with Crippen LogP contribution in [0.25, 0.3) is 33.1 Å². The van der Waals surface area contributed by atoms with E-state index in [1.165, 1.54) is 0 Å². The molecule has 0 bridgehead atoms. The van der Waals surface area contributed by atoms with Gasteiger partial charge in [-0.05, 0) is 48.2 Å². The van der Waals surface area contributed by atoms with Gasteiger partial charge in [0.1, 0.15) is 11.2 Å². The zero-order valence-electron chi connectivity index (χ0n) is 13.4. The van der Waals surface area contributed by atoms with Crippen LogP contribution in [0.1, 0.15) is 18.1 Å². The minimum Gasteiger partial charge on any atom is -0.463 e. The van der Waals surface area contributed by atoms with Crippen LogP contribution in [0.15, 0.2) is 56.3 Å². The van der Waals surface area contributed by atoms with Gasteiger partial charge in [0.25, 0.3) is 0 Å². The van der Waals surface area contributed by atoms with Crippen molar-refractivity contribution in [2.45, 2.75) is 20.3 Å². The molecule has 0 unspecified atom stereocenters. The van der Waals surface area contributed by atoms with Crippen molar-refractivity contribution in [1.82, 2.24) is 0 Å². The SMILES string of the molecule is CCc1cc(=O)oc2cc(C)c3c(-c4ccc(Cl)cc4)coc3c12. The molecule has 0 amide bonds. The summed E-state index contributed by atoms with van der Waals surface area (Å²) in [5, 5.41) is 2.61. The first-order valence-corrected chi connectivity index (χ1v) is 8.19. The molecule has 0 aliphatic heterocycles. The smallest absolute Gasteiger partial charge is 0.336 e. The van der Waals surface area contributed by atoms with E-state index >= 15 is 0 Å². The largest absolute Gasteiger partial charge is 0.463 e. The number of benzene rings is 2. The first kappa shape index (κ1) is 15.0. The van der Waals surface area contributed by atoms with E-state index in [1.54, 1.807) is 12.3 Å². The van der Waals surface area contributed by atoms with Gasteiger partial charge in [-0.15, -0.1) is 0 Å². The van der Waals surface area contributed by atoms with Gasteiger partial charge >= 0.3 is 5.63 Å². The van der Waals surface area contributed by atoms with Crippen LogP contribution in [0.3, 0.4) is 0 Å². The molecule has 0 aliphatic carbocycles. The van der Waals surface area contributed by atoms with Gasteiger partial charge < -0.3 is 8.83 Å². The lowest BCUT2D eigenvalue weighted by molar-refractivity contribution is 0.557. The number of hydrogen-bond acceptors (Lipinski definition) is 3. The number of fused-ring (bicyclic) bond motifs is 3. The Morgan fingerprint density at radius 1 is 1.08 bits per heavy atom. The fourth-order valence-electron chi connectivity index (χ4n) is 3.24. The lowest BCUT2D eigenvalue weighted by Crippen LogP contribution is -2.00. The molecule has 4 rings (SSSR count). The second-order valence-electron chi connectivity index (χ2n) is 5.87. The Morgan fingerprint density at radius 3 is 2.54 bits per heavy atom. The molecule has 0 saturated heterocycles. The molecule has 0 spiro atoms. The zero-order chi connectivity index (χ0) is 16.8. The Labute approximate surface area is 143 Å². The van der Waals surface area contributed by atoms with Gasteiger partial charge in [-0.25, -0.2) is 4.79 Å². The number of aryl methyl sites for hydroxylation is 2. The highest BCUT2D eigenvalue weighted by molar-refractivity contribution is 6.30. The maximum Gasteiger partial charge on any atom is 0.336 e. The molecule has 2 aromatic heterocycles. The van der Waals surface area contributed by atoms with E-state index in [9.17, 15) is 4.79 Å². The molecule has 2 aromatic carbocycles. The molecule has 24 heavy (non-hydrogen) atoms. The van der Waals surface area contributed by atoms with Crippen LogP contribution in [-0.2, 0) is 6.42 Å². The third-order valence-electron chi connectivity index (χ3n) is 4.37. The Morgan fingerprint density at radius 2 is 1.83 bits per heavy atom. The van der Waals surface area contributed by atoms with Crippen molar-refractivity contribution in [3.05, 3.63) is 69.2 Å². The second kappa shape index (κ2) is 5.53. The molecule has 4 aromatic rings. The fraction of sp³-hybridized carbons (Fsp3) is 0.150. The molecule has 0 atom stereocenters. The van der Waals surface area contributed by atoms with Gasteiger partial charge in [-0.1, -0.05) is 30.7 Å². The fourth-order valence-corrected chi connectivity index (χ4v) is 3.37. The molecule has 4 heteroatoms. The summed E-state index contributed by atoms with van der Waals surface area (Å²) in [6.07, 6.45) is 2.49. The maximum absolute atomic E-state index is 11.8. The minimum atomic E-state index is -0.331. The summed E-state index contributed by atoms with van der Waals surface area (Å²) in [5.74, 6) is 0. The van der Waals surface area contributed by atoms with Crippen LogP contribution < -0.4 is 5.63 Å². The zero-order valence-corrected chi connectivity index (χ0v) is 14.1. The number of hydrogen-bond donors (Lipinski definition) is 0. The van der Waals surface area contributed by atoms with Crippen molar-refractivity contribution in [2.75, 3.05) is 0 Å². The highest BCUT2D eigenvalue weighted by Crippen LogP contribution is 2.38. The van der Waals surface area contributed by atoms with Crippen LogP contribution in [0, 0.1) is 6.92 Å². The maximum atomic E-state index is 11.8. The Balaban J connectivity index is 2.12. The summed E-state index contributed by atoms with van der Waals surface area (Å²) < 4.78 is 11.3. The van der Waals surface area contributed by atoms with Crippen LogP contribution >= 0.6 is 11.6 Å². The molecule has 0 fully saturated rings. The van der Waals surface area contributed by atoms with E-state index in [1.807, 2.05) is 44.2 Å². The van der Waals surface area contributed by atoms with Crippen molar-refractivity contribution in [3.8, 4) is 11.1 Å². The van der Waals surface area contributed by atoms with E-state index in [2.05, 4.69) is 0 Å². The summed E-state index contributed by atoms with van der Waals surface area (Å²) in [5.41, 5.74) is 4.99. The van der Waals surface area contributed by atoms with Crippen molar-refractivity contribution in [1.29, 1.82) is 0 Å². The molecule has 2 heterocycles. The van der Waals surface area contributed by atoms with Crippen molar-refractivity contribution >= 4 is 33.5 Å². The van der Waals surface area contributed by atoms with E-state index in [0.717, 1.165) is 45.0 Å². The Bertz CT molecular complexity index is 1120. The number of halogens is 1. The van der Waals surface area contributed by atoms with E-state index in [4.69, 9.17) is 20.4 Å². The van der Waals surface area contributed by atoms with Crippen molar-refractivity contribution in [2.24, 2.45) is 0 Å². The standard InChI is InChI=1S/C20H15ClO3/c1-3-12-9-17(22)24-16-8-11(2)18-15(10-23-20(18)19(12)16)13-4-6-14(21)7-5-13/h4-10H,3H2,1-2H3. The topological polar surface area (TPSA) is 43.4 Å². The van der Waals surface area contributed by atoms with E-state index in [-0.39, 0.29) is 5.63 Å². The van der Waals surface area contributed by atoms with Gasteiger partial charge in [0.05, 0.1) is 11.6 Å². The minimum absolute atomic E-state index is 0.331. The number of furan rings is 1. The van der Waals surface area contributed by atoms with Gasteiger partial charge in [-0.3, -0.25) is 0 Å². The summed E-state index contributed by atoms with van der Waals surface area (Å²) in [7, 11) is 0. The number of rotatable bonds is 2. The van der Waals surface area contributed by atoms with Crippen molar-refractivity contribution in [3.63, 3.8) is 0 Å². The molecule has 120 valence electrons. The summed E-state index contributed by atoms with van der Waals surface area (Å²) >= 11 is 5.99. The molecule has 0 radical (unpaired) electrons. The molecular formula is C20H15ClO3. The van der Waals surface area contributed by atoms with Crippen LogP contribution in [0.2, 0.25) is 5.02 Å². The molecule has 0 saturated carbocycles. The quantitative estimate of drug-likeness (QED) is 0.438. The lowest BCUT2D eigenvalue weighted by Gasteiger charge is -2.07. The Kier molecular flexibility index (Phi) is 3.47. The highest BCUT2D eigenvalue weighted by Gasteiger charge is 2.17. The first-order chi connectivity index (χ1) is 11.6. The van der Waals surface area contributed by atoms with Crippen LogP contribution in [0.4, 0.5) is 0 Å². The normalized spacial score (nSPS) is 11.5. The summed E-state index contributed by atoms with van der Waals surface area (Å²) in [6, 6.07) is 11.1. The average Bonchev–Trinajstić information content (AvgIpc) is 3.00. The van der Waals surface area contributed by atoms with E-state index in [0.29, 0.717) is 10.6 Å². The predicted molar refractivity (Wildman–Crippen MR) is 96.8 cm³/mol. The van der Waals surface area contributed by atoms with Gasteiger partial charge in [-0.2, -0.15) is 0 Å². The second-order valence-corrected chi connectivity index (χ2v) is 6.31. The molecule has 3 nitrogen and oxygen atoms in total. The highest BCUT2D eigenvalue weighted by atomic mass is 35.5. The van der Waals surface area contributed by atoms with Gasteiger partial charge in [0.2, 0.25) is 0 Å². The van der Waals surface area contributed by atoms with Gasteiger partial charge in [0.15, 0.2) is 0 Å². The first-order valence-electron chi connectivity index (χ1n) is 7.82. The van der Waals surface area contributed by atoms with Gasteiger partial charge in [0, 0.05) is 22.0 Å². The Hall–Kier alpha value is -2.52. The molecule has 0 N–H and O–H groups in total. The summed E-state index contributed by atoms with van der Waals surface area (Å²) in [4.78, 5) is 11.8. The average molecular weight is 339 g/mol.